The molecule has 0 amide bonds. The van der Waals surface area contributed by atoms with Crippen LogP contribution in [0.5, 0.6) is 5.75 Å². The first kappa shape index (κ1) is 11.7. The Kier molecular flexibility index (Phi) is 4.84. The molecule has 0 saturated carbocycles. The molecule has 0 fully saturated rings. The highest BCUT2D eigenvalue weighted by Gasteiger charge is 2.03. The average Bonchev–Trinajstić information content (AvgIpc) is 2.29. The number of aryl methyl sites for hydroxylation is 1. The molecule has 0 atom stereocenters. The fourth-order valence-corrected chi connectivity index (χ4v) is 1.28. The van der Waals surface area contributed by atoms with Crippen LogP contribution >= 0.6 is 0 Å². The molecule has 1 rings (SSSR count). The zero-order valence-corrected chi connectivity index (χ0v) is 9.16. The maximum absolute atomic E-state index is 10.8. The van der Waals surface area contributed by atoms with Gasteiger partial charge in [-0.05, 0) is 24.1 Å². The predicted octanol–water partition coefficient (Wildman–Crippen LogP) is 2.09. The van der Waals surface area contributed by atoms with E-state index in [0.29, 0.717) is 24.5 Å². The maximum Gasteiger partial charge on any atom is 0.153 e. The summed E-state index contributed by atoms with van der Waals surface area (Å²) in [6, 6.07) is 5.66. The van der Waals surface area contributed by atoms with Crippen LogP contribution in [0.15, 0.2) is 18.2 Å². The Hall–Kier alpha value is -1.35. The van der Waals surface area contributed by atoms with Crippen LogP contribution in [0, 0.1) is 0 Å². The monoisotopic (exact) mass is 208 g/mol. The summed E-state index contributed by atoms with van der Waals surface area (Å²) in [6.07, 6.45) is 1.74. The zero-order chi connectivity index (χ0) is 11.1. The lowest BCUT2D eigenvalue weighted by atomic mass is 10.1. The van der Waals surface area contributed by atoms with Gasteiger partial charge in [0.2, 0.25) is 0 Å². The second-order valence-corrected chi connectivity index (χ2v) is 3.18. The fraction of sp³-hybridized carbons (Fsp3) is 0.417. The minimum atomic E-state index is 0.461. The third-order valence-electron chi connectivity index (χ3n) is 2.15. The highest BCUT2D eigenvalue weighted by atomic mass is 16.5. The van der Waals surface area contributed by atoms with Crippen LogP contribution in [0.4, 0.5) is 0 Å². The molecule has 0 spiro atoms. The van der Waals surface area contributed by atoms with Crippen LogP contribution in [0.1, 0.15) is 22.8 Å². The average molecular weight is 208 g/mol. The molecule has 0 aliphatic rings. The van der Waals surface area contributed by atoms with Crippen LogP contribution in [0.25, 0.3) is 0 Å². The van der Waals surface area contributed by atoms with E-state index in [9.17, 15) is 4.79 Å². The Morgan fingerprint density at radius 2 is 2.13 bits per heavy atom. The number of benzene rings is 1. The molecule has 0 aliphatic carbocycles. The van der Waals surface area contributed by atoms with Gasteiger partial charge in [0.05, 0.1) is 12.2 Å². The molecule has 0 N–H and O–H groups in total. The van der Waals surface area contributed by atoms with Gasteiger partial charge in [0.1, 0.15) is 12.4 Å². The molecule has 1 aromatic carbocycles. The summed E-state index contributed by atoms with van der Waals surface area (Å²) in [7, 11) is 1.62. The lowest BCUT2D eigenvalue weighted by molar-refractivity contribution is 0.111. The van der Waals surface area contributed by atoms with Crippen molar-refractivity contribution in [1.82, 2.24) is 0 Å². The molecule has 15 heavy (non-hydrogen) atoms. The van der Waals surface area contributed by atoms with Gasteiger partial charge < -0.3 is 9.47 Å². The van der Waals surface area contributed by atoms with E-state index in [2.05, 4.69) is 6.92 Å². The van der Waals surface area contributed by atoms with Gasteiger partial charge in [0.15, 0.2) is 6.29 Å². The van der Waals surface area contributed by atoms with Crippen molar-refractivity contribution in [3.05, 3.63) is 29.3 Å². The Morgan fingerprint density at radius 3 is 2.73 bits per heavy atom. The first-order valence-corrected chi connectivity index (χ1v) is 5.01. The van der Waals surface area contributed by atoms with Crippen molar-refractivity contribution in [3.63, 3.8) is 0 Å². The van der Waals surface area contributed by atoms with Gasteiger partial charge in [0.25, 0.3) is 0 Å². The lowest BCUT2D eigenvalue weighted by Gasteiger charge is -2.08. The van der Waals surface area contributed by atoms with Gasteiger partial charge in [-0.2, -0.15) is 0 Å². The summed E-state index contributed by atoms with van der Waals surface area (Å²) < 4.78 is 10.3. The van der Waals surface area contributed by atoms with E-state index in [4.69, 9.17) is 9.47 Å². The molecule has 0 heterocycles. The fourth-order valence-electron chi connectivity index (χ4n) is 1.28. The molecule has 0 unspecified atom stereocenters. The number of carbonyl (C=O) groups is 1. The number of hydrogen-bond donors (Lipinski definition) is 0. The van der Waals surface area contributed by atoms with Gasteiger partial charge in [-0.3, -0.25) is 4.79 Å². The van der Waals surface area contributed by atoms with Crippen molar-refractivity contribution in [2.24, 2.45) is 0 Å². The first-order valence-electron chi connectivity index (χ1n) is 5.01. The molecule has 0 bridgehead atoms. The first-order chi connectivity index (χ1) is 7.31. The molecular weight excluding hydrogens is 192 g/mol. The van der Waals surface area contributed by atoms with Crippen LogP contribution < -0.4 is 4.74 Å². The topological polar surface area (TPSA) is 35.5 Å². The normalized spacial score (nSPS) is 10.0. The summed E-state index contributed by atoms with van der Waals surface area (Å²) >= 11 is 0. The summed E-state index contributed by atoms with van der Waals surface area (Å²) in [5, 5.41) is 0. The Balaban J connectivity index is 2.73. The maximum atomic E-state index is 10.8. The van der Waals surface area contributed by atoms with Crippen LogP contribution in [0.3, 0.4) is 0 Å². The molecule has 0 aromatic heterocycles. The smallest absolute Gasteiger partial charge is 0.153 e. The lowest BCUT2D eigenvalue weighted by Crippen LogP contribution is -2.06. The molecule has 3 heteroatoms. The van der Waals surface area contributed by atoms with E-state index in [1.165, 1.54) is 0 Å². The van der Waals surface area contributed by atoms with E-state index in [1.54, 1.807) is 7.11 Å². The quantitative estimate of drug-likeness (QED) is 0.530. The molecule has 1 aromatic rings. The van der Waals surface area contributed by atoms with Gasteiger partial charge in [0, 0.05) is 7.11 Å². The third-order valence-corrected chi connectivity index (χ3v) is 2.15. The number of hydrogen-bond acceptors (Lipinski definition) is 3. The van der Waals surface area contributed by atoms with E-state index in [-0.39, 0.29) is 0 Å². The second kappa shape index (κ2) is 6.19. The van der Waals surface area contributed by atoms with Gasteiger partial charge in [-0.25, -0.2) is 0 Å². The van der Waals surface area contributed by atoms with Crippen LogP contribution in [-0.2, 0) is 11.2 Å². The number of aldehydes is 1. The minimum absolute atomic E-state index is 0.461. The zero-order valence-electron chi connectivity index (χ0n) is 9.16. The Morgan fingerprint density at radius 1 is 1.33 bits per heavy atom. The van der Waals surface area contributed by atoms with Crippen molar-refractivity contribution < 1.29 is 14.3 Å². The van der Waals surface area contributed by atoms with Crippen LogP contribution in [0.2, 0.25) is 0 Å². The molecule has 3 nitrogen and oxygen atoms in total. The van der Waals surface area contributed by atoms with Crippen molar-refractivity contribution >= 4 is 6.29 Å². The van der Waals surface area contributed by atoms with E-state index in [0.717, 1.165) is 18.3 Å². The second-order valence-electron chi connectivity index (χ2n) is 3.18. The van der Waals surface area contributed by atoms with E-state index in [1.807, 2.05) is 18.2 Å². The molecule has 0 aliphatic heterocycles. The Labute approximate surface area is 90.0 Å². The summed E-state index contributed by atoms with van der Waals surface area (Å²) in [5.41, 5.74) is 1.74. The minimum Gasteiger partial charge on any atom is -0.490 e. The third kappa shape index (κ3) is 3.36. The van der Waals surface area contributed by atoms with Crippen molar-refractivity contribution in [2.45, 2.75) is 13.3 Å². The Bertz CT molecular complexity index is 321. The summed E-state index contributed by atoms with van der Waals surface area (Å²) in [5.74, 6) is 0.624. The molecule has 0 radical (unpaired) electrons. The molecule has 82 valence electrons. The number of rotatable bonds is 6. The van der Waals surface area contributed by atoms with E-state index >= 15 is 0 Å². The molecular formula is C12H16O3. The number of ether oxygens (including phenoxy) is 2. The highest BCUT2D eigenvalue weighted by Crippen LogP contribution is 2.18. The predicted molar refractivity (Wildman–Crippen MR) is 58.6 cm³/mol. The van der Waals surface area contributed by atoms with Crippen LogP contribution in [-0.4, -0.2) is 26.6 Å². The number of carbonyl (C=O) groups excluding carboxylic acids is 1. The highest BCUT2D eigenvalue weighted by molar-refractivity contribution is 5.79. The number of methoxy groups -OCH3 is 1. The van der Waals surface area contributed by atoms with Gasteiger partial charge in [-0.1, -0.05) is 13.0 Å². The molecule has 0 saturated heterocycles. The van der Waals surface area contributed by atoms with Gasteiger partial charge >= 0.3 is 0 Å². The SMILES string of the molecule is CCc1ccc(OCCOC)c(C=O)c1. The summed E-state index contributed by atoms with van der Waals surface area (Å²) in [6.45, 7) is 3.03. The van der Waals surface area contributed by atoms with Crippen molar-refractivity contribution in [2.75, 3.05) is 20.3 Å². The summed E-state index contributed by atoms with van der Waals surface area (Å²) in [4.78, 5) is 10.8. The standard InChI is InChI=1S/C12H16O3/c1-3-10-4-5-12(11(8-10)9-13)15-7-6-14-2/h4-5,8-9H,3,6-7H2,1-2H3. The van der Waals surface area contributed by atoms with E-state index < -0.39 is 0 Å². The van der Waals surface area contributed by atoms with Crippen molar-refractivity contribution in [3.8, 4) is 5.75 Å². The van der Waals surface area contributed by atoms with Crippen molar-refractivity contribution in [1.29, 1.82) is 0 Å². The van der Waals surface area contributed by atoms with Gasteiger partial charge in [-0.15, -0.1) is 0 Å². The largest absolute Gasteiger partial charge is 0.490 e.